The van der Waals surface area contributed by atoms with Gasteiger partial charge in [0.05, 0.1) is 0 Å². The van der Waals surface area contributed by atoms with Crippen molar-refractivity contribution < 1.29 is 9.13 Å². The van der Waals surface area contributed by atoms with Crippen LogP contribution in [0.15, 0.2) is 18.3 Å². The highest BCUT2D eigenvalue weighted by Gasteiger charge is 2.17. The van der Waals surface area contributed by atoms with E-state index in [4.69, 9.17) is 4.74 Å². The predicted molar refractivity (Wildman–Crippen MR) is 53.3 cm³/mol. The third-order valence-corrected chi connectivity index (χ3v) is 2.09. The molecule has 0 amide bonds. The van der Waals surface area contributed by atoms with E-state index in [0.717, 1.165) is 13.0 Å². The summed E-state index contributed by atoms with van der Waals surface area (Å²) < 4.78 is 18.1. The van der Waals surface area contributed by atoms with Crippen molar-refractivity contribution in [1.29, 1.82) is 0 Å². The van der Waals surface area contributed by atoms with Gasteiger partial charge in [0.1, 0.15) is 6.61 Å². The van der Waals surface area contributed by atoms with E-state index in [9.17, 15) is 4.39 Å². The summed E-state index contributed by atoms with van der Waals surface area (Å²) in [6.07, 6.45) is 2.51. The predicted octanol–water partition coefficient (Wildman–Crippen LogP) is 1.38. The van der Waals surface area contributed by atoms with E-state index in [2.05, 4.69) is 10.3 Å². The lowest BCUT2D eigenvalue weighted by molar-refractivity contribution is 0.209. The first-order valence-corrected chi connectivity index (χ1v) is 4.33. The summed E-state index contributed by atoms with van der Waals surface area (Å²) >= 11 is 0. The Labute approximate surface area is 88.1 Å². The maximum atomic E-state index is 12.9. The smallest absolute Gasteiger partial charge is 0.255 e. The van der Waals surface area contributed by atoms with Crippen LogP contribution >= 0.6 is 12.4 Å². The summed E-state index contributed by atoms with van der Waals surface area (Å²) in [6.45, 7) is 1.55. The molecule has 1 fully saturated rings. The van der Waals surface area contributed by atoms with E-state index < -0.39 is 5.95 Å². The Morgan fingerprint density at radius 1 is 1.64 bits per heavy atom. The maximum absolute atomic E-state index is 12.9. The van der Waals surface area contributed by atoms with Crippen molar-refractivity contribution in [1.82, 2.24) is 10.3 Å². The highest BCUT2D eigenvalue weighted by Crippen LogP contribution is 2.14. The Morgan fingerprint density at radius 2 is 2.43 bits per heavy atom. The normalized spacial score (nSPS) is 19.4. The minimum Gasteiger partial charge on any atom is -0.487 e. The highest BCUT2D eigenvalue weighted by atomic mass is 35.5. The van der Waals surface area contributed by atoms with Gasteiger partial charge in [-0.15, -0.1) is 12.4 Å². The molecule has 2 heterocycles. The fraction of sp³-hybridized carbons (Fsp3) is 0.444. The molecule has 0 bridgehead atoms. The molecule has 1 unspecified atom stereocenters. The molecular formula is C9H12ClFN2O. The van der Waals surface area contributed by atoms with Gasteiger partial charge in [0.15, 0.2) is 5.75 Å². The molecule has 1 aromatic rings. The number of hydrogen-bond acceptors (Lipinski definition) is 3. The topological polar surface area (TPSA) is 34.1 Å². The molecule has 0 aliphatic carbocycles. The number of ether oxygens (including phenoxy) is 1. The maximum Gasteiger partial charge on any atom is 0.255 e. The summed E-state index contributed by atoms with van der Waals surface area (Å²) in [5.74, 6) is -0.307. The summed E-state index contributed by atoms with van der Waals surface area (Å²) in [6, 6.07) is 3.62. The van der Waals surface area contributed by atoms with Gasteiger partial charge in [-0.25, -0.2) is 4.98 Å². The number of pyridine rings is 1. The summed E-state index contributed by atoms with van der Waals surface area (Å²) in [7, 11) is 0. The summed E-state index contributed by atoms with van der Waals surface area (Å²) in [4.78, 5) is 3.49. The van der Waals surface area contributed by atoms with E-state index >= 15 is 0 Å². The van der Waals surface area contributed by atoms with Gasteiger partial charge < -0.3 is 10.1 Å². The van der Waals surface area contributed by atoms with Gasteiger partial charge >= 0.3 is 0 Å². The molecular weight excluding hydrogens is 207 g/mol. The lowest BCUT2D eigenvalue weighted by Crippen LogP contribution is -2.46. The fourth-order valence-corrected chi connectivity index (χ4v) is 1.16. The summed E-state index contributed by atoms with van der Waals surface area (Å²) in [5, 5.41) is 3.17. The van der Waals surface area contributed by atoms with E-state index in [1.54, 1.807) is 12.1 Å². The quantitative estimate of drug-likeness (QED) is 0.779. The van der Waals surface area contributed by atoms with Crippen LogP contribution in [-0.4, -0.2) is 24.2 Å². The minimum atomic E-state index is -0.540. The molecule has 0 aromatic carbocycles. The zero-order valence-electron chi connectivity index (χ0n) is 7.57. The molecule has 0 saturated carbocycles. The summed E-state index contributed by atoms with van der Waals surface area (Å²) in [5.41, 5.74) is 0. The minimum absolute atomic E-state index is 0. The van der Waals surface area contributed by atoms with Crippen LogP contribution in [-0.2, 0) is 0 Å². The Morgan fingerprint density at radius 3 is 3.00 bits per heavy atom. The van der Waals surface area contributed by atoms with Crippen LogP contribution in [0.2, 0.25) is 0 Å². The molecule has 14 heavy (non-hydrogen) atoms. The molecule has 1 aromatic heterocycles. The van der Waals surface area contributed by atoms with Gasteiger partial charge in [0.25, 0.3) is 5.95 Å². The van der Waals surface area contributed by atoms with Gasteiger partial charge in [-0.1, -0.05) is 0 Å². The Balaban J connectivity index is 0.000000980. The average Bonchev–Trinajstić information content (AvgIpc) is 2.05. The Kier molecular flexibility index (Phi) is 4.10. The number of hydrogen-bond donors (Lipinski definition) is 1. The molecule has 1 N–H and O–H groups in total. The average molecular weight is 219 g/mol. The lowest BCUT2D eigenvalue weighted by atomic mass is 10.1. The first-order chi connectivity index (χ1) is 6.36. The van der Waals surface area contributed by atoms with E-state index in [1.807, 2.05) is 0 Å². The molecule has 2 rings (SSSR count). The van der Waals surface area contributed by atoms with E-state index in [0.29, 0.717) is 12.6 Å². The van der Waals surface area contributed by atoms with Gasteiger partial charge in [0, 0.05) is 12.2 Å². The second-order valence-electron chi connectivity index (χ2n) is 3.04. The molecule has 1 atom stereocenters. The van der Waals surface area contributed by atoms with Crippen LogP contribution < -0.4 is 10.1 Å². The third-order valence-electron chi connectivity index (χ3n) is 2.09. The van der Waals surface area contributed by atoms with Crippen molar-refractivity contribution in [3.63, 3.8) is 0 Å². The van der Waals surface area contributed by atoms with Crippen molar-refractivity contribution in [3.8, 4) is 5.75 Å². The van der Waals surface area contributed by atoms with Crippen LogP contribution in [0.4, 0.5) is 4.39 Å². The molecule has 1 saturated heterocycles. The van der Waals surface area contributed by atoms with Crippen molar-refractivity contribution in [3.05, 3.63) is 24.3 Å². The van der Waals surface area contributed by atoms with Crippen molar-refractivity contribution in [2.24, 2.45) is 0 Å². The molecule has 0 spiro atoms. The van der Waals surface area contributed by atoms with Gasteiger partial charge in [-0.3, -0.25) is 0 Å². The second kappa shape index (κ2) is 5.12. The van der Waals surface area contributed by atoms with E-state index in [1.165, 1.54) is 6.20 Å². The molecule has 0 radical (unpaired) electrons. The number of halogens is 2. The second-order valence-corrected chi connectivity index (χ2v) is 3.04. The SMILES string of the molecule is Cl.Fc1ncccc1OCC1CCN1. The largest absolute Gasteiger partial charge is 0.487 e. The lowest BCUT2D eigenvalue weighted by Gasteiger charge is -2.27. The fourth-order valence-electron chi connectivity index (χ4n) is 1.16. The standard InChI is InChI=1S/C9H11FN2O.ClH/c10-9-8(2-1-4-12-9)13-6-7-3-5-11-7;/h1-2,4,7,11H,3,5-6H2;1H. The molecule has 78 valence electrons. The van der Waals surface area contributed by atoms with E-state index in [-0.39, 0.29) is 18.2 Å². The third kappa shape index (κ3) is 2.56. The molecule has 1 aliphatic rings. The number of nitrogens with one attached hydrogen (secondary N) is 1. The van der Waals surface area contributed by atoms with Gasteiger partial charge in [0.2, 0.25) is 0 Å². The Bertz CT molecular complexity index is 294. The number of rotatable bonds is 3. The van der Waals surface area contributed by atoms with Crippen LogP contribution in [0, 0.1) is 5.95 Å². The monoisotopic (exact) mass is 218 g/mol. The molecule has 1 aliphatic heterocycles. The first-order valence-electron chi connectivity index (χ1n) is 4.33. The van der Waals surface area contributed by atoms with Crippen molar-refractivity contribution in [2.45, 2.75) is 12.5 Å². The van der Waals surface area contributed by atoms with Gasteiger partial charge in [-0.05, 0) is 25.1 Å². The van der Waals surface area contributed by atoms with Crippen molar-refractivity contribution in [2.75, 3.05) is 13.2 Å². The zero-order chi connectivity index (χ0) is 9.10. The molecule has 5 heteroatoms. The van der Waals surface area contributed by atoms with Crippen LogP contribution in [0.5, 0.6) is 5.75 Å². The first kappa shape index (κ1) is 11.2. The number of nitrogens with zero attached hydrogens (tertiary/aromatic N) is 1. The Hall–Kier alpha value is -0.870. The number of aromatic nitrogens is 1. The zero-order valence-corrected chi connectivity index (χ0v) is 8.39. The highest BCUT2D eigenvalue weighted by molar-refractivity contribution is 5.85. The van der Waals surface area contributed by atoms with Crippen LogP contribution in [0.3, 0.4) is 0 Å². The molecule has 3 nitrogen and oxygen atoms in total. The van der Waals surface area contributed by atoms with Crippen molar-refractivity contribution >= 4 is 12.4 Å². The van der Waals surface area contributed by atoms with Crippen LogP contribution in [0.1, 0.15) is 6.42 Å². The van der Waals surface area contributed by atoms with Crippen LogP contribution in [0.25, 0.3) is 0 Å². The van der Waals surface area contributed by atoms with Gasteiger partial charge in [-0.2, -0.15) is 4.39 Å².